The smallest absolute Gasteiger partial charge is 0.262 e. The first kappa shape index (κ1) is 21.1. The lowest BCUT2D eigenvalue weighted by Gasteiger charge is -2.26. The third-order valence-corrected chi connectivity index (χ3v) is 6.71. The first-order chi connectivity index (χ1) is 15.1. The van der Waals surface area contributed by atoms with Crippen LogP contribution >= 0.6 is 11.8 Å². The highest BCUT2D eigenvalue weighted by molar-refractivity contribution is 8.00. The number of hydrogen-bond donors (Lipinski definition) is 1. The van der Waals surface area contributed by atoms with E-state index in [0.717, 1.165) is 25.7 Å². The monoisotopic (exact) mass is 432 g/mol. The standard InChI is InChI=1S/C24H24N4O2S/c1-16(22(29)26-18-13-11-17(15-25)12-14-18)31-24-27-21-10-6-5-9-20(21)23(30)28(24)19-7-3-2-4-8-19/h5-6,9-14,16,19H,2-4,7-8H2,1H3,(H,26,29). The maximum absolute atomic E-state index is 13.3. The summed E-state index contributed by atoms with van der Waals surface area (Å²) in [6, 6.07) is 16.3. The zero-order valence-electron chi connectivity index (χ0n) is 17.4. The van der Waals surface area contributed by atoms with Gasteiger partial charge in [0.25, 0.3) is 5.56 Å². The Morgan fingerprint density at radius 2 is 1.87 bits per heavy atom. The molecule has 4 rings (SSSR count). The zero-order valence-corrected chi connectivity index (χ0v) is 18.2. The Hall–Kier alpha value is -3.11. The highest BCUT2D eigenvalue weighted by Gasteiger charge is 2.24. The molecule has 7 heteroatoms. The van der Waals surface area contributed by atoms with E-state index in [9.17, 15) is 9.59 Å². The van der Waals surface area contributed by atoms with Crippen LogP contribution in [0.15, 0.2) is 58.5 Å². The fourth-order valence-corrected chi connectivity index (χ4v) is 4.93. The number of nitriles is 1. The molecule has 31 heavy (non-hydrogen) atoms. The van der Waals surface area contributed by atoms with Crippen molar-refractivity contribution in [2.75, 3.05) is 5.32 Å². The van der Waals surface area contributed by atoms with Crippen LogP contribution in [0.5, 0.6) is 0 Å². The zero-order chi connectivity index (χ0) is 21.8. The van der Waals surface area contributed by atoms with Gasteiger partial charge in [-0.3, -0.25) is 14.2 Å². The number of benzene rings is 2. The van der Waals surface area contributed by atoms with Gasteiger partial charge < -0.3 is 5.32 Å². The number of amides is 1. The summed E-state index contributed by atoms with van der Waals surface area (Å²) in [5, 5.41) is 12.6. The predicted octanol–water partition coefficient (Wildman–Crippen LogP) is 4.89. The van der Waals surface area contributed by atoms with Crippen LogP contribution in [0, 0.1) is 11.3 Å². The molecule has 1 N–H and O–H groups in total. The van der Waals surface area contributed by atoms with Gasteiger partial charge in [0, 0.05) is 11.7 Å². The van der Waals surface area contributed by atoms with Crippen molar-refractivity contribution in [1.82, 2.24) is 9.55 Å². The van der Waals surface area contributed by atoms with Crippen molar-refractivity contribution in [2.24, 2.45) is 0 Å². The first-order valence-corrected chi connectivity index (χ1v) is 11.4. The quantitative estimate of drug-likeness (QED) is 0.458. The normalized spacial score (nSPS) is 15.4. The maximum atomic E-state index is 13.3. The molecular weight excluding hydrogens is 408 g/mol. The Morgan fingerprint density at radius 1 is 1.16 bits per heavy atom. The third-order valence-electron chi connectivity index (χ3n) is 5.65. The highest BCUT2D eigenvalue weighted by Crippen LogP contribution is 2.32. The van der Waals surface area contributed by atoms with E-state index in [1.807, 2.05) is 35.8 Å². The lowest BCUT2D eigenvalue weighted by atomic mass is 9.95. The molecule has 0 radical (unpaired) electrons. The molecule has 1 atom stereocenters. The van der Waals surface area contributed by atoms with Crippen LogP contribution in [0.2, 0.25) is 0 Å². The summed E-state index contributed by atoms with van der Waals surface area (Å²) >= 11 is 1.32. The van der Waals surface area contributed by atoms with Gasteiger partial charge in [-0.05, 0) is 56.2 Å². The van der Waals surface area contributed by atoms with Crippen LogP contribution in [0.4, 0.5) is 5.69 Å². The molecule has 1 aromatic heterocycles. The van der Waals surface area contributed by atoms with Crippen molar-refractivity contribution < 1.29 is 4.79 Å². The van der Waals surface area contributed by atoms with E-state index in [4.69, 9.17) is 10.2 Å². The molecule has 158 valence electrons. The number of fused-ring (bicyclic) bond motifs is 1. The Labute approximate surface area is 185 Å². The number of nitrogens with one attached hydrogen (secondary N) is 1. The Balaban J connectivity index is 1.62. The molecule has 1 unspecified atom stereocenters. The molecule has 1 fully saturated rings. The number of rotatable bonds is 5. The number of carbonyl (C=O) groups is 1. The molecule has 0 aliphatic heterocycles. The molecule has 3 aromatic rings. The van der Waals surface area contributed by atoms with Gasteiger partial charge in [0.1, 0.15) is 0 Å². The summed E-state index contributed by atoms with van der Waals surface area (Å²) < 4.78 is 1.82. The summed E-state index contributed by atoms with van der Waals surface area (Å²) in [6.45, 7) is 1.82. The van der Waals surface area contributed by atoms with Crippen molar-refractivity contribution in [3.8, 4) is 6.07 Å². The number of aromatic nitrogens is 2. The average Bonchev–Trinajstić information content (AvgIpc) is 2.80. The summed E-state index contributed by atoms with van der Waals surface area (Å²) in [5.74, 6) is -0.174. The molecule has 1 aliphatic carbocycles. The number of para-hydroxylation sites is 1. The van der Waals surface area contributed by atoms with Crippen molar-refractivity contribution in [3.05, 3.63) is 64.4 Å². The maximum Gasteiger partial charge on any atom is 0.262 e. The van der Waals surface area contributed by atoms with E-state index in [0.29, 0.717) is 27.3 Å². The largest absolute Gasteiger partial charge is 0.325 e. The Bertz CT molecular complexity index is 1190. The molecule has 0 bridgehead atoms. The van der Waals surface area contributed by atoms with Gasteiger partial charge in [0.15, 0.2) is 5.16 Å². The van der Waals surface area contributed by atoms with Crippen LogP contribution in [-0.4, -0.2) is 20.7 Å². The number of nitrogens with zero attached hydrogens (tertiary/aromatic N) is 3. The number of hydrogen-bond acceptors (Lipinski definition) is 5. The van der Waals surface area contributed by atoms with Crippen LogP contribution in [0.25, 0.3) is 10.9 Å². The van der Waals surface area contributed by atoms with Gasteiger partial charge in [-0.2, -0.15) is 5.26 Å². The molecule has 0 saturated heterocycles. The molecule has 2 aromatic carbocycles. The fourth-order valence-electron chi connectivity index (χ4n) is 3.95. The van der Waals surface area contributed by atoms with Gasteiger partial charge in [0.05, 0.1) is 27.8 Å². The number of anilines is 1. The van der Waals surface area contributed by atoms with E-state index in [-0.39, 0.29) is 17.5 Å². The molecule has 1 heterocycles. The summed E-state index contributed by atoms with van der Waals surface area (Å²) in [6.07, 6.45) is 5.31. The van der Waals surface area contributed by atoms with Crippen molar-refractivity contribution in [3.63, 3.8) is 0 Å². The van der Waals surface area contributed by atoms with Gasteiger partial charge in [0.2, 0.25) is 5.91 Å². The Morgan fingerprint density at radius 3 is 2.58 bits per heavy atom. The van der Waals surface area contributed by atoms with Gasteiger partial charge >= 0.3 is 0 Å². The molecule has 0 spiro atoms. The second kappa shape index (κ2) is 9.36. The highest BCUT2D eigenvalue weighted by atomic mass is 32.2. The molecule has 1 aliphatic rings. The van der Waals surface area contributed by atoms with Crippen molar-refractivity contribution in [1.29, 1.82) is 5.26 Å². The minimum absolute atomic E-state index is 0.0281. The molecule has 1 saturated carbocycles. The van der Waals surface area contributed by atoms with Crippen LogP contribution in [0.3, 0.4) is 0 Å². The van der Waals surface area contributed by atoms with Gasteiger partial charge in [-0.1, -0.05) is 43.2 Å². The lowest BCUT2D eigenvalue weighted by molar-refractivity contribution is -0.115. The second-order valence-corrected chi connectivity index (χ2v) is 9.12. The topological polar surface area (TPSA) is 87.8 Å². The lowest BCUT2D eigenvalue weighted by Crippen LogP contribution is -2.30. The first-order valence-electron chi connectivity index (χ1n) is 10.6. The van der Waals surface area contributed by atoms with Gasteiger partial charge in [-0.15, -0.1) is 0 Å². The third kappa shape index (κ3) is 4.64. The predicted molar refractivity (Wildman–Crippen MR) is 123 cm³/mol. The fraction of sp³-hybridized carbons (Fsp3) is 0.333. The summed E-state index contributed by atoms with van der Waals surface area (Å²) in [5.41, 5.74) is 1.80. The van der Waals surface area contributed by atoms with E-state index < -0.39 is 5.25 Å². The molecule has 1 amide bonds. The molecular formula is C24H24N4O2S. The Kier molecular flexibility index (Phi) is 6.38. The van der Waals surface area contributed by atoms with E-state index in [1.54, 1.807) is 24.3 Å². The summed E-state index contributed by atoms with van der Waals surface area (Å²) in [4.78, 5) is 30.9. The average molecular weight is 433 g/mol. The molecule has 6 nitrogen and oxygen atoms in total. The second-order valence-electron chi connectivity index (χ2n) is 7.82. The summed E-state index contributed by atoms with van der Waals surface area (Å²) in [7, 11) is 0. The van der Waals surface area contributed by atoms with Crippen molar-refractivity contribution in [2.45, 2.75) is 55.5 Å². The van der Waals surface area contributed by atoms with Crippen LogP contribution in [-0.2, 0) is 4.79 Å². The van der Waals surface area contributed by atoms with Crippen LogP contribution < -0.4 is 10.9 Å². The minimum atomic E-state index is -0.446. The number of carbonyl (C=O) groups excluding carboxylic acids is 1. The number of thioether (sulfide) groups is 1. The minimum Gasteiger partial charge on any atom is -0.325 e. The van der Waals surface area contributed by atoms with E-state index >= 15 is 0 Å². The van der Waals surface area contributed by atoms with Gasteiger partial charge in [-0.25, -0.2) is 4.98 Å². The van der Waals surface area contributed by atoms with E-state index in [1.165, 1.54) is 18.2 Å². The van der Waals surface area contributed by atoms with E-state index in [2.05, 4.69) is 11.4 Å². The SMILES string of the molecule is CC(Sc1nc2ccccc2c(=O)n1C1CCCCC1)C(=O)Nc1ccc(C#N)cc1. The van der Waals surface area contributed by atoms with Crippen molar-refractivity contribution >= 4 is 34.3 Å². The van der Waals surface area contributed by atoms with Crippen LogP contribution in [0.1, 0.15) is 50.6 Å².